The van der Waals surface area contributed by atoms with Gasteiger partial charge in [0.15, 0.2) is 57.5 Å². The van der Waals surface area contributed by atoms with E-state index < -0.39 is 0 Å². The molecular formula is C89H136O17. The summed E-state index contributed by atoms with van der Waals surface area (Å²) in [6, 6.07) is 33.9. The average molecular weight is 1480 g/mol. The van der Waals surface area contributed by atoms with Crippen molar-refractivity contribution in [1.82, 2.24) is 0 Å². The van der Waals surface area contributed by atoms with Crippen LogP contribution >= 0.6 is 0 Å². The summed E-state index contributed by atoms with van der Waals surface area (Å²) in [5, 5.41) is 0. The Kier molecular flexibility index (Phi) is 38.1. The molecule has 0 saturated heterocycles. The molecule has 0 radical (unpaired) electrons. The van der Waals surface area contributed by atoms with Crippen molar-refractivity contribution in [3.8, 4) is 97.7 Å². The van der Waals surface area contributed by atoms with Gasteiger partial charge < -0.3 is 80.5 Å². The minimum Gasteiger partial charge on any atom is -0.497 e. The molecule has 0 heterocycles. The predicted molar refractivity (Wildman–Crippen MR) is 437 cm³/mol. The summed E-state index contributed by atoms with van der Waals surface area (Å²) in [5.41, 5.74) is 9.55. The average Bonchev–Trinajstić information content (AvgIpc) is 0.815. The molecule has 594 valence electrons. The lowest BCUT2D eigenvalue weighted by molar-refractivity contribution is 0.318. The van der Waals surface area contributed by atoms with Crippen LogP contribution in [0.5, 0.6) is 97.7 Å². The van der Waals surface area contributed by atoms with Gasteiger partial charge in [-0.1, -0.05) is 195 Å². The van der Waals surface area contributed by atoms with E-state index in [0.717, 1.165) is 109 Å². The van der Waals surface area contributed by atoms with Crippen molar-refractivity contribution >= 4 is 0 Å². The summed E-state index contributed by atoms with van der Waals surface area (Å²) < 4.78 is 90.8. The first kappa shape index (κ1) is 95.2. The summed E-state index contributed by atoms with van der Waals surface area (Å²) in [6.45, 7) is 47.3. The second kappa shape index (κ2) is 42.5. The highest BCUT2D eigenvalue weighted by Gasteiger charge is 2.30. The van der Waals surface area contributed by atoms with Crippen LogP contribution in [-0.4, -0.2) is 121 Å². The van der Waals surface area contributed by atoms with Crippen LogP contribution in [-0.2, 0) is 44.3 Å². The molecule has 17 heteroatoms. The molecule has 0 bridgehead atoms. The maximum Gasteiger partial charge on any atom is 0.203 e. The fourth-order valence-corrected chi connectivity index (χ4v) is 11.1. The quantitative estimate of drug-likeness (QED) is 0.0798. The molecule has 7 aromatic carbocycles. The predicted octanol–water partition coefficient (Wildman–Crippen LogP) is 21.6. The number of benzene rings is 7. The van der Waals surface area contributed by atoms with E-state index in [4.69, 9.17) is 80.5 Å². The van der Waals surface area contributed by atoms with Gasteiger partial charge in [-0.2, -0.15) is 0 Å². The van der Waals surface area contributed by atoms with Gasteiger partial charge in [0.25, 0.3) is 0 Å². The molecule has 0 unspecified atom stereocenters. The van der Waals surface area contributed by atoms with Gasteiger partial charge in [0.2, 0.25) is 5.75 Å². The van der Waals surface area contributed by atoms with Crippen LogP contribution in [0.3, 0.4) is 0 Å². The smallest absolute Gasteiger partial charge is 0.203 e. The zero-order valence-electron chi connectivity index (χ0n) is 72.5. The Hall–Kier alpha value is -8.86. The van der Waals surface area contributed by atoms with Crippen molar-refractivity contribution < 1.29 is 80.5 Å². The van der Waals surface area contributed by atoms with E-state index in [9.17, 15) is 0 Å². The lowest BCUT2D eigenvalue weighted by Crippen LogP contribution is -2.15. The van der Waals surface area contributed by atoms with Gasteiger partial charge in [0.1, 0.15) is 34.5 Å². The van der Waals surface area contributed by atoms with Crippen molar-refractivity contribution in [2.24, 2.45) is 0 Å². The fraction of sp³-hybridized carbons (Fsp3) is 0.528. The van der Waals surface area contributed by atoms with E-state index in [1.54, 1.807) is 121 Å². The van der Waals surface area contributed by atoms with Crippen LogP contribution in [0.15, 0.2) is 103 Å². The molecular weight excluding hydrogens is 1340 g/mol. The van der Waals surface area contributed by atoms with Crippen LogP contribution in [0.4, 0.5) is 0 Å². The number of ether oxygens (including phenoxy) is 17. The van der Waals surface area contributed by atoms with Crippen molar-refractivity contribution in [2.75, 3.05) is 121 Å². The maximum absolute atomic E-state index is 5.43. The second-order valence-corrected chi connectivity index (χ2v) is 31.8. The Balaban J connectivity index is 0.000000621. The first-order valence-electron chi connectivity index (χ1n) is 35.6. The normalized spacial score (nSPS) is 11.2. The Bertz CT molecular complexity index is 3670. The number of methoxy groups -OCH3 is 17. The third-order valence-corrected chi connectivity index (χ3v) is 16.9. The molecule has 0 spiro atoms. The van der Waals surface area contributed by atoms with E-state index in [-0.39, 0.29) is 32.5 Å². The number of hydrogen-bond donors (Lipinski definition) is 0. The van der Waals surface area contributed by atoms with Crippen molar-refractivity contribution in [2.45, 2.75) is 197 Å². The van der Waals surface area contributed by atoms with Crippen molar-refractivity contribution in [3.05, 3.63) is 148 Å². The van der Waals surface area contributed by atoms with Crippen LogP contribution in [0.1, 0.15) is 197 Å². The molecule has 0 saturated carbocycles. The molecule has 0 atom stereocenters. The van der Waals surface area contributed by atoms with Gasteiger partial charge in [-0.15, -0.1) is 0 Å². The number of hydrogen-bond acceptors (Lipinski definition) is 17. The minimum absolute atomic E-state index is 0.00486. The van der Waals surface area contributed by atoms with Gasteiger partial charge in [0.05, 0.1) is 121 Å². The topological polar surface area (TPSA) is 157 Å². The highest BCUT2D eigenvalue weighted by Crippen LogP contribution is 2.48. The largest absolute Gasteiger partial charge is 0.497 e. The van der Waals surface area contributed by atoms with Gasteiger partial charge in [0, 0.05) is 52.1 Å². The molecule has 0 aliphatic heterocycles. The minimum atomic E-state index is -0.0643. The maximum atomic E-state index is 5.43. The summed E-state index contributed by atoms with van der Waals surface area (Å²) >= 11 is 0. The van der Waals surface area contributed by atoms with Crippen LogP contribution < -0.4 is 80.5 Å². The van der Waals surface area contributed by atoms with Crippen molar-refractivity contribution in [1.29, 1.82) is 0 Å². The van der Waals surface area contributed by atoms with Crippen LogP contribution in [0, 0.1) is 0 Å². The van der Waals surface area contributed by atoms with E-state index in [0.29, 0.717) is 28.4 Å². The third kappa shape index (κ3) is 27.5. The van der Waals surface area contributed by atoms with Crippen LogP contribution in [0.2, 0.25) is 0 Å². The molecule has 7 rings (SSSR count). The Morgan fingerprint density at radius 1 is 0.208 bits per heavy atom. The Morgan fingerprint density at radius 3 is 0.915 bits per heavy atom. The SMILES string of the molecule is CC(C)(C)c1ccccc1.CCc1cc(C(C)(C)C)cc(OC)c1OC.COc1cc(OC)c(C(C)(C)C)c(OC)c1.COc1cc(OC)c(C(C)(C)C)cc1OC.COc1cc(OC)c(OC)c(C(C)(C)C)c1.COc1ccc(C(C)(C)C)c(OC)c1OC.COc1ccc(OC)c(C(C)(C)C)c1OC. The highest BCUT2D eigenvalue weighted by atomic mass is 16.5. The molecule has 0 fully saturated rings. The molecule has 0 aromatic heterocycles. The summed E-state index contributed by atoms with van der Waals surface area (Å²) in [5.74, 6) is 12.9. The lowest BCUT2D eigenvalue weighted by Gasteiger charge is -2.25. The van der Waals surface area contributed by atoms with E-state index in [2.05, 4.69) is 195 Å². The molecule has 0 aliphatic rings. The standard InChI is InChI=1S/C14H22O2.5C13H20O3.C10H14/c1-7-10-8-11(14(2,3)4)9-12(15-5)13(10)16-6;1-13(2,3)9-7-11(15-5)12(16-6)8-10(9)14-4;1-13(2,3)12-10(15-5)7-9(14-4)8-11(12)16-6;1-13(2,3)10-7-9(14-4)8-11(15-5)12(10)16-6;1-13(2,3)11-9(14-4)7-8-10(15-5)12(11)16-6;1-13(2,3)9-7-8-10(14-4)12(16-6)11(9)15-5;1-10(2,3)9-7-5-4-6-8-9/h8-9H,7H2,1-6H3;5*7-8H,1-6H3;4-8H,1-3H3. The highest BCUT2D eigenvalue weighted by molar-refractivity contribution is 5.60. The second-order valence-electron chi connectivity index (χ2n) is 31.8. The number of aryl methyl sites for hydroxylation is 1. The zero-order valence-corrected chi connectivity index (χ0v) is 72.5. The molecule has 0 N–H and O–H groups in total. The number of rotatable bonds is 18. The van der Waals surface area contributed by atoms with Gasteiger partial charge in [-0.3, -0.25) is 0 Å². The first-order valence-corrected chi connectivity index (χ1v) is 35.6. The summed E-state index contributed by atoms with van der Waals surface area (Å²) in [4.78, 5) is 0. The molecule has 106 heavy (non-hydrogen) atoms. The molecule has 17 nitrogen and oxygen atoms in total. The monoisotopic (exact) mass is 1480 g/mol. The Morgan fingerprint density at radius 2 is 0.566 bits per heavy atom. The lowest BCUT2D eigenvalue weighted by atomic mass is 9.85. The third-order valence-electron chi connectivity index (χ3n) is 16.9. The summed E-state index contributed by atoms with van der Waals surface area (Å²) in [7, 11) is 28.0. The van der Waals surface area contributed by atoms with E-state index in [1.165, 1.54) is 16.7 Å². The first-order chi connectivity index (χ1) is 49.2. The fourth-order valence-electron chi connectivity index (χ4n) is 11.1. The summed E-state index contributed by atoms with van der Waals surface area (Å²) in [6.07, 6.45) is 0.948. The molecule has 7 aromatic rings. The van der Waals surface area contributed by atoms with E-state index in [1.807, 2.05) is 60.7 Å². The van der Waals surface area contributed by atoms with Gasteiger partial charge in [-0.05, 0) is 97.4 Å². The van der Waals surface area contributed by atoms with Gasteiger partial charge in [-0.25, -0.2) is 0 Å². The zero-order chi connectivity index (χ0) is 81.7. The Labute approximate surface area is 640 Å². The van der Waals surface area contributed by atoms with Gasteiger partial charge >= 0.3 is 0 Å². The molecule has 0 amide bonds. The molecule has 0 aliphatic carbocycles. The van der Waals surface area contributed by atoms with Crippen LogP contribution in [0.25, 0.3) is 0 Å². The van der Waals surface area contributed by atoms with E-state index >= 15 is 0 Å². The van der Waals surface area contributed by atoms with Crippen molar-refractivity contribution in [3.63, 3.8) is 0 Å².